The molecule has 9 heteroatoms. The van der Waals surface area contributed by atoms with Gasteiger partial charge in [-0.1, -0.05) is 29.5 Å². The van der Waals surface area contributed by atoms with Crippen LogP contribution in [0.15, 0.2) is 59.4 Å². The predicted octanol–water partition coefficient (Wildman–Crippen LogP) is 4.06. The number of hydrogen-bond acceptors (Lipinski definition) is 6. The van der Waals surface area contributed by atoms with E-state index in [0.717, 1.165) is 38.3 Å². The second kappa shape index (κ2) is 8.18. The first-order valence-corrected chi connectivity index (χ1v) is 11.2. The van der Waals surface area contributed by atoms with Crippen molar-refractivity contribution < 1.29 is 9.53 Å². The largest absolute Gasteiger partial charge is 0.497 e. The predicted molar refractivity (Wildman–Crippen MR) is 130 cm³/mol. The van der Waals surface area contributed by atoms with Crippen LogP contribution in [0.4, 0.5) is 5.13 Å². The number of aryl methyl sites for hydroxylation is 2. The van der Waals surface area contributed by atoms with Crippen LogP contribution in [0.2, 0.25) is 0 Å². The van der Waals surface area contributed by atoms with Gasteiger partial charge in [0.25, 0.3) is 5.56 Å². The second-order valence-electron chi connectivity index (χ2n) is 7.68. The highest BCUT2D eigenvalue weighted by Gasteiger charge is 2.19. The molecule has 2 aromatic carbocycles. The number of aromatic nitrogens is 4. The Morgan fingerprint density at radius 2 is 1.91 bits per heavy atom. The fourth-order valence-electron chi connectivity index (χ4n) is 3.96. The highest BCUT2D eigenvalue weighted by atomic mass is 32.1. The lowest BCUT2D eigenvalue weighted by Crippen LogP contribution is -2.28. The molecule has 1 amide bonds. The minimum atomic E-state index is -0.341. The Morgan fingerprint density at radius 1 is 1.12 bits per heavy atom. The number of nitrogens with zero attached hydrogens (tertiary/aromatic N) is 4. The molecule has 0 spiro atoms. The van der Waals surface area contributed by atoms with E-state index in [-0.39, 0.29) is 18.0 Å². The van der Waals surface area contributed by atoms with Crippen molar-refractivity contribution >= 4 is 43.6 Å². The monoisotopic (exact) mass is 459 g/mol. The molecule has 5 rings (SSSR count). The number of carbonyl (C=O) groups excluding carboxylic acids is 1. The van der Waals surface area contributed by atoms with Gasteiger partial charge < -0.3 is 10.1 Å². The molecule has 0 aliphatic rings. The summed E-state index contributed by atoms with van der Waals surface area (Å²) >= 11 is 1.35. The summed E-state index contributed by atoms with van der Waals surface area (Å²) in [6, 6.07) is 16.6. The number of benzene rings is 2. The molecule has 0 saturated carbocycles. The molecule has 1 N–H and O–H groups in total. The third-order valence-electron chi connectivity index (χ3n) is 5.44. The summed E-state index contributed by atoms with van der Waals surface area (Å²) in [6.07, 6.45) is 0. The molecule has 0 aliphatic carbocycles. The molecule has 0 bridgehead atoms. The minimum absolute atomic E-state index is 0.160. The standard InChI is InChI=1S/C24H21N5O3S/c1-14-11-21(31)28(23-22(14)15(2)27-29(23)16-7-5-4-6-8-16)13-20(30)26-24-25-18-10-9-17(32-3)12-19(18)33-24/h4-12H,13H2,1-3H3,(H,25,26,30). The first-order valence-electron chi connectivity index (χ1n) is 10.3. The summed E-state index contributed by atoms with van der Waals surface area (Å²) in [5, 5.41) is 8.82. The van der Waals surface area contributed by atoms with Gasteiger partial charge in [-0.2, -0.15) is 5.10 Å². The van der Waals surface area contributed by atoms with E-state index in [4.69, 9.17) is 4.74 Å². The number of hydrogen-bond donors (Lipinski definition) is 1. The van der Waals surface area contributed by atoms with Crippen molar-refractivity contribution in [2.75, 3.05) is 12.4 Å². The van der Waals surface area contributed by atoms with Gasteiger partial charge in [-0.05, 0) is 49.7 Å². The summed E-state index contributed by atoms with van der Waals surface area (Å²) in [4.78, 5) is 30.4. The molecular formula is C24H21N5O3S. The van der Waals surface area contributed by atoms with Gasteiger partial charge in [0.1, 0.15) is 17.9 Å². The number of ether oxygens (including phenoxy) is 1. The van der Waals surface area contributed by atoms with Crippen LogP contribution < -0.4 is 15.6 Å². The molecule has 3 aromatic heterocycles. The first-order chi connectivity index (χ1) is 15.9. The Labute approximate surface area is 193 Å². The molecule has 0 unspecified atom stereocenters. The number of rotatable bonds is 5. The maximum atomic E-state index is 13.0. The molecule has 5 aromatic rings. The minimum Gasteiger partial charge on any atom is -0.497 e. The number of para-hydroxylation sites is 1. The third kappa shape index (κ3) is 3.76. The summed E-state index contributed by atoms with van der Waals surface area (Å²) < 4.78 is 9.33. The van der Waals surface area contributed by atoms with E-state index < -0.39 is 0 Å². The molecule has 0 fully saturated rings. The van der Waals surface area contributed by atoms with E-state index >= 15 is 0 Å². The number of carbonyl (C=O) groups is 1. The smallest absolute Gasteiger partial charge is 0.252 e. The first kappa shape index (κ1) is 20.9. The Kier molecular flexibility index (Phi) is 5.18. The van der Waals surface area contributed by atoms with Gasteiger partial charge in [-0.15, -0.1) is 0 Å². The number of pyridine rings is 1. The van der Waals surface area contributed by atoms with Crippen molar-refractivity contribution in [3.05, 3.63) is 76.2 Å². The van der Waals surface area contributed by atoms with Crippen molar-refractivity contribution in [2.24, 2.45) is 0 Å². The van der Waals surface area contributed by atoms with Gasteiger partial charge in [0.2, 0.25) is 5.91 Å². The molecule has 0 radical (unpaired) electrons. The van der Waals surface area contributed by atoms with E-state index in [9.17, 15) is 9.59 Å². The Balaban J connectivity index is 1.53. The third-order valence-corrected chi connectivity index (χ3v) is 6.37. The molecule has 0 aliphatic heterocycles. The normalized spacial score (nSPS) is 11.2. The zero-order valence-electron chi connectivity index (χ0n) is 18.3. The van der Waals surface area contributed by atoms with Gasteiger partial charge in [0.05, 0.1) is 28.7 Å². The molecule has 0 atom stereocenters. The lowest BCUT2D eigenvalue weighted by Gasteiger charge is -2.12. The number of amides is 1. The average molecular weight is 460 g/mol. The van der Waals surface area contributed by atoms with Gasteiger partial charge in [0, 0.05) is 11.5 Å². The van der Waals surface area contributed by atoms with Crippen LogP contribution in [0.25, 0.3) is 26.9 Å². The number of fused-ring (bicyclic) bond motifs is 2. The van der Waals surface area contributed by atoms with Crippen molar-refractivity contribution in [3.63, 3.8) is 0 Å². The van der Waals surface area contributed by atoms with Gasteiger partial charge >= 0.3 is 0 Å². The van der Waals surface area contributed by atoms with Crippen LogP contribution in [-0.4, -0.2) is 32.3 Å². The molecule has 166 valence electrons. The van der Waals surface area contributed by atoms with Crippen molar-refractivity contribution in [3.8, 4) is 11.4 Å². The van der Waals surface area contributed by atoms with E-state index in [1.807, 2.05) is 62.4 Å². The van der Waals surface area contributed by atoms with Crippen LogP contribution in [0.1, 0.15) is 11.3 Å². The SMILES string of the molecule is COc1ccc2nc(NC(=O)Cn3c(=O)cc(C)c4c(C)nn(-c5ccccc5)c43)sc2c1. The number of anilines is 1. The topological polar surface area (TPSA) is 91.0 Å². The van der Waals surface area contributed by atoms with E-state index in [0.29, 0.717) is 10.8 Å². The van der Waals surface area contributed by atoms with Crippen molar-refractivity contribution in [1.29, 1.82) is 0 Å². The molecule has 0 saturated heterocycles. The lowest BCUT2D eigenvalue weighted by atomic mass is 10.1. The summed E-state index contributed by atoms with van der Waals surface area (Å²) in [5.41, 5.74) is 3.53. The maximum absolute atomic E-state index is 13.0. The maximum Gasteiger partial charge on any atom is 0.252 e. The second-order valence-corrected chi connectivity index (χ2v) is 8.71. The van der Waals surface area contributed by atoms with E-state index in [1.165, 1.54) is 15.9 Å². The van der Waals surface area contributed by atoms with Crippen LogP contribution >= 0.6 is 11.3 Å². The zero-order valence-corrected chi connectivity index (χ0v) is 19.1. The van der Waals surface area contributed by atoms with Gasteiger partial charge in [-0.25, -0.2) is 9.67 Å². The molecule has 33 heavy (non-hydrogen) atoms. The summed E-state index contributed by atoms with van der Waals surface area (Å²) in [5.74, 6) is 0.383. The van der Waals surface area contributed by atoms with Crippen molar-refractivity contribution in [1.82, 2.24) is 19.3 Å². The van der Waals surface area contributed by atoms with Gasteiger partial charge in [0.15, 0.2) is 5.13 Å². The highest BCUT2D eigenvalue weighted by molar-refractivity contribution is 7.22. The average Bonchev–Trinajstić information content (AvgIpc) is 3.36. The quantitative estimate of drug-likeness (QED) is 0.428. The number of thiazole rings is 1. The van der Waals surface area contributed by atoms with Crippen LogP contribution in [0.3, 0.4) is 0 Å². The van der Waals surface area contributed by atoms with Crippen molar-refractivity contribution in [2.45, 2.75) is 20.4 Å². The van der Waals surface area contributed by atoms with Gasteiger partial charge in [-0.3, -0.25) is 14.2 Å². The molecule has 8 nitrogen and oxygen atoms in total. The summed E-state index contributed by atoms with van der Waals surface area (Å²) in [7, 11) is 1.60. The molecular weight excluding hydrogens is 438 g/mol. The fourth-order valence-corrected chi connectivity index (χ4v) is 4.87. The molecule has 3 heterocycles. The zero-order chi connectivity index (χ0) is 23.1. The lowest BCUT2D eigenvalue weighted by molar-refractivity contribution is -0.116. The van der Waals surface area contributed by atoms with E-state index in [1.54, 1.807) is 17.9 Å². The van der Waals surface area contributed by atoms with Crippen LogP contribution in [-0.2, 0) is 11.3 Å². The van der Waals surface area contributed by atoms with Crippen LogP contribution in [0.5, 0.6) is 5.75 Å². The summed E-state index contributed by atoms with van der Waals surface area (Å²) in [6.45, 7) is 3.62. The Bertz CT molecular complexity index is 1570. The van der Waals surface area contributed by atoms with Crippen LogP contribution in [0, 0.1) is 13.8 Å². The Hall–Kier alpha value is -3.98. The number of methoxy groups -OCH3 is 1. The number of nitrogens with one attached hydrogen (secondary N) is 1. The Morgan fingerprint density at radius 3 is 2.67 bits per heavy atom. The van der Waals surface area contributed by atoms with E-state index in [2.05, 4.69) is 15.4 Å². The fraction of sp³-hybridized carbons (Fsp3) is 0.167. The highest BCUT2D eigenvalue weighted by Crippen LogP contribution is 2.29.